The topological polar surface area (TPSA) is 73.8 Å². The van der Waals surface area contributed by atoms with Crippen LogP contribution in [0.1, 0.15) is 5.56 Å². The van der Waals surface area contributed by atoms with Crippen LogP contribution in [-0.4, -0.2) is 20.2 Å². The minimum absolute atomic E-state index is 0.283. The average molecular weight is 304 g/mol. The normalized spacial score (nSPS) is 11.0. The Morgan fingerprint density at radius 3 is 2.57 bits per heavy atom. The molecule has 0 saturated carbocycles. The van der Waals surface area contributed by atoms with Gasteiger partial charge in [-0.3, -0.25) is 4.79 Å². The third kappa shape index (κ3) is 2.12. The quantitative estimate of drug-likeness (QED) is 0.569. The maximum Gasteiger partial charge on any atom is 0.285 e. The zero-order valence-corrected chi connectivity index (χ0v) is 12.3. The molecule has 0 unspecified atom stereocenters. The highest BCUT2D eigenvalue weighted by Gasteiger charge is 2.18. The van der Waals surface area contributed by atoms with E-state index in [4.69, 9.17) is 4.52 Å². The first-order chi connectivity index (χ1) is 11.3. The summed E-state index contributed by atoms with van der Waals surface area (Å²) in [5.41, 5.74) is 2.61. The molecule has 2 aromatic carbocycles. The van der Waals surface area contributed by atoms with E-state index in [-0.39, 0.29) is 11.4 Å². The van der Waals surface area contributed by atoms with Crippen LogP contribution < -0.4 is 5.56 Å². The molecule has 0 fully saturated rings. The second-order valence-electron chi connectivity index (χ2n) is 5.15. The largest absolute Gasteiger partial charge is 0.335 e. The second-order valence-corrected chi connectivity index (χ2v) is 5.15. The summed E-state index contributed by atoms with van der Waals surface area (Å²) < 4.78 is 6.53. The molecule has 0 bridgehead atoms. The highest BCUT2D eigenvalue weighted by Crippen LogP contribution is 2.25. The molecular weight excluding hydrogens is 292 g/mol. The highest BCUT2D eigenvalue weighted by molar-refractivity contribution is 5.76. The molecule has 0 radical (unpaired) electrons. The highest BCUT2D eigenvalue weighted by atomic mass is 16.5. The van der Waals surface area contributed by atoms with Crippen molar-refractivity contribution in [2.75, 3.05) is 0 Å². The zero-order chi connectivity index (χ0) is 15.8. The van der Waals surface area contributed by atoms with Crippen molar-refractivity contribution in [3.63, 3.8) is 0 Å². The lowest BCUT2D eigenvalue weighted by Gasteiger charge is -2.02. The predicted octanol–water partition coefficient (Wildman–Crippen LogP) is 2.74. The zero-order valence-electron chi connectivity index (χ0n) is 12.3. The van der Waals surface area contributed by atoms with Crippen LogP contribution in [0.5, 0.6) is 0 Å². The van der Waals surface area contributed by atoms with Crippen LogP contribution in [0.3, 0.4) is 0 Å². The van der Waals surface area contributed by atoms with Gasteiger partial charge in [0.2, 0.25) is 0 Å². The Labute approximate surface area is 131 Å². The van der Waals surface area contributed by atoms with E-state index >= 15 is 0 Å². The number of nitrogens with zero attached hydrogens (tertiary/aromatic N) is 4. The monoisotopic (exact) mass is 304 g/mol. The fourth-order valence-electron chi connectivity index (χ4n) is 2.51. The van der Waals surface area contributed by atoms with Crippen LogP contribution in [0.2, 0.25) is 0 Å². The first-order valence-corrected chi connectivity index (χ1v) is 7.12. The molecule has 112 valence electrons. The molecule has 0 saturated heterocycles. The van der Waals surface area contributed by atoms with E-state index in [1.54, 1.807) is 18.2 Å². The van der Waals surface area contributed by atoms with E-state index in [0.717, 1.165) is 15.8 Å². The van der Waals surface area contributed by atoms with Crippen molar-refractivity contribution in [3.8, 4) is 17.1 Å². The van der Waals surface area contributed by atoms with Gasteiger partial charge in [-0.1, -0.05) is 52.8 Å². The number of hydrogen-bond acceptors (Lipinski definition) is 5. The van der Waals surface area contributed by atoms with Crippen molar-refractivity contribution in [3.05, 3.63) is 70.5 Å². The molecule has 23 heavy (non-hydrogen) atoms. The standard InChI is InChI=1S/C17H12N4O2/c1-11-15(12-7-3-2-4-8-12)19-23-17(11)21-16(22)13-9-5-6-10-14(13)18-20-21/h2-10H,1H3. The van der Waals surface area contributed by atoms with E-state index in [9.17, 15) is 4.79 Å². The van der Waals surface area contributed by atoms with E-state index in [1.807, 2.05) is 43.3 Å². The van der Waals surface area contributed by atoms with Crippen LogP contribution in [0.15, 0.2) is 63.9 Å². The molecule has 0 aliphatic carbocycles. The lowest BCUT2D eigenvalue weighted by Crippen LogP contribution is -2.22. The van der Waals surface area contributed by atoms with E-state index in [0.29, 0.717) is 16.6 Å². The summed E-state index contributed by atoms with van der Waals surface area (Å²) in [6.45, 7) is 1.84. The Bertz CT molecular complexity index is 1050. The van der Waals surface area contributed by atoms with E-state index in [1.165, 1.54) is 0 Å². The van der Waals surface area contributed by atoms with Crippen molar-refractivity contribution < 1.29 is 4.52 Å². The van der Waals surface area contributed by atoms with Crippen molar-refractivity contribution >= 4 is 10.9 Å². The Hall–Kier alpha value is -3.28. The van der Waals surface area contributed by atoms with Crippen molar-refractivity contribution in [2.24, 2.45) is 0 Å². The first kappa shape index (κ1) is 13.4. The van der Waals surface area contributed by atoms with Gasteiger partial charge in [0.1, 0.15) is 11.2 Å². The van der Waals surface area contributed by atoms with Gasteiger partial charge in [-0.2, -0.15) is 0 Å². The molecule has 6 nitrogen and oxygen atoms in total. The van der Waals surface area contributed by atoms with Gasteiger partial charge < -0.3 is 4.52 Å². The molecule has 4 aromatic rings. The summed E-state index contributed by atoms with van der Waals surface area (Å²) >= 11 is 0. The van der Waals surface area contributed by atoms with Crippen LogP contribution in [0.25, 0.3) is 28.0 Å². The Morgan fingerprint density at radius 2 is 1.74 bits per heavy atom. The molecule has 0 spiro atoms. The summed E-state index contributed by atoms with van der Waals surface area (Å²) in [6, 6.07) is 16.7. The molecule has 0 amide bonds. The molecule has 6 heteroatoms. The van der Waals surface area contributed by atoms with Crippen LogP contribution in [0, 0.1) is 6.92 Å². The molecule has 0 aliphatic rings. The molecule has 2 heterocycles. The second kappa shape index (κ2) is 5.17. The van der Waals surface area contributed by atoms with Crippen LogP contribution in [0.4, 0.5) is 0 Å². The number of benzene rings is 2. The third-order valence-corrected chi connectivity index (χ3v) is 3.71. The van der Waals surface area contributed by atoms with Crippen LogP contribution >= 0.6 is 0 Å². The molecule has 0 N–H and O–H groups in total. The van der Waals surface area contributed by atoms with Gasteiger partial charge in [0.05, 0.1) is 5.39 Å². The summed E-state index contributed by atoms with van der Waals surface area (Å²) in [5.74, 6) is 0.284. The Kier molecular flexibility index (Phi) is 3.01. The van der Waals surface area contributed by atoms with E-state index < -0.39 is 0 Å². The van der Waals surface area contributed by atoms with Gasteiger partial charge in [0, 0.05) is 11.1 Å². The predicted molar refractivity (Wildman–Crippen MR) is 85.4 cm³/mol. The third-order valence-electron chi connectivity index (χ3n) is 3.71. The molecule has 4 rings (SSSR count). The lowest BCUT2D eigenvalue weighted by atomic mass is 10.1. The number of hydrogen-bond donors (Lipinski definition) is 0. The summed E-state index contributed by atoms with van der Waals surface area (Å²) in [7, 11) is 0. The molecule has 2 aromatic heterocycles. The first-order valence-electron chi connectivity index (χ1n) is 7.12. The maximum atomic E-state index is 12.6. The van der Waals surface area contributed by atoms with Crippen molar-refractivity contribution in [1.29, 1.82) is 0 Å². The minimum atomic E-state index is -0.283. The minimum Gasteiger partial charge on any atom is -0.335 e. The summed E-state index contributed by atoms with van der Waals surface area (Å²) in [5, 5.41) is 12.6. The average Bonchev–Trinajstić information content (AvgIpc) is 2.98. The summed E-state index contributed by atoms with van der Waals surface area (Å²) in [6.07, 6.45) is 0. The van der Waals surface area contributed by atoms with Gasteiger partial charge >= 0.3 is 0 Å². The van der Waals surface area contributed by atoms with Gasteiger partial charge in [-0.05, 0) is 19.1 Å². The lowest BCUT2D eigenvalue weighted by molar-refractivity contribution is 0.392. The van der Waals surface area contributed by atoms with E-state index in [2.05, 4.69) is 15.5 Å². The van der Waals surface area contributed by atoms with Crippen molar-refractivity contribution in [1.82, 2.24) is 20.2 Å². The van der Waals surface area contributed by atoms with Crippen LogP contribution in [-0.2, 0) is 0 Å². The van der Waals surface area contributed by atoms with Gasteiger partial charge in [-0.15, -0.1) is 9.78 Å². The Morgan fingerprint density at radius 1 is 1.00 bits per heavy atom. The van der Waals surface area contributed by atoms with Gasteiger partial charge in [0.25, 0.3) is 11.4 Å². The van der Waals surface area contributed by atoms with Gasteiger partial charge in [0.15, 0.2) is 0 Å². The Balaban J connectivity index is 1.91. The van der Waals surface area contributed by atoms with Gasteiger partial charge in [-0.25, -0.2) is 0 Å². The number of aromatic nitrogens is 4. The molecular formula is C17H12N4O2. The smallest absolute Gasteiger partial charge is 0.285 e. The number of rotatable bonds is 2. The summed E-state index contributed by atoms with van der Waals surface area (Å²) in [4.78, 5) is 12.6. The molecule has 0 aliphatic heterocycles. The fourth-order valence-corrected chi connectivity index (χ4v) is 2.51. The maximum absolute atomic E-state index is 12.6. The number of fused-ring (bicyclic) bond motifs is 1. The molecule has 0 atom stereocenters. The SMILES string of the molecule is Cc1c(-c2ccccc2)noc1-n1nnc2ccccc2c1=O. The fraction of sp³-hybridized carbons (Fsp3) is 0.0588. The van der Waals surface area contributed by atoms with Crippen molar-refractivity contribution in [2.45, 2.75) is 6.92 Å².